The number of hydrogen-bond acceptors (Lipinski definition) is 6. The average Bonchev–Trinajstić information content (AvgIpc) is 3.22. The van der Waals surface area contributed by atoms with Crippen molar-refractivity contribution in [3.63, 3.8) is 0 Å². The smallest absolute Gasteiger partial charge is 0.238 e. The van der Waals surface area contributed by atoms with Gasteiger partial charge in [0, 0.05) is 46.0 Å². The van der Waals surface area contributed by atoms with E-state index in [1.807, 2.05) is 26.2 Å². The van der Waals surface area contributed by atoms with E-state index in [1.165, 1.54) is 5.56 Å². The Morgan fingerprint density at radius 2 is 1.89 bits per heavy atom. The molecule has 8 heteroatoms. The van der Waals surface area contributed by atoms with Crippen molar-refractivity contribution in [3.8, 4) is 11.5 Å². The summed E-state index contributed by atoms with van der Waals surface area (Å²) in [5, 5.41) is 7.20. The first kappa shape index (κ1) is 17.8. The number of piperazine rings is 1. The summed E-state index contributed by atoms with van der Waals surface area (Å²) >= 11 is 0. The summed E-state index contributed by atoms with van der Waals surface area (Å²) in [6.07, 6.45) is 1.83. The van der Waals surface area contributed by atoms with Crippen LogP contribution < -0.4 is 14.8 Å². The number of aryl methyl sites for hydroxylation is 2. The fourth-order valence-corrected chi connectivity index (χ4v) is 3.52. The molecule has 4 rings (SSSR count). The SMILES string of the molecule is Cc1nn(C)cc1NC(=O)CN1CCN(Cc2ccc3c(c2)OCO3)CC1. The second-order valence-corrected chi connectivity index (χ2v) is 7.09. The molecule has 1 N–H and O–H groups in total. The van der Waals surface area contributed by atoms with E-state index >= 15 is 0 Å². The van der Waals surface area contributed by atoms with Crippen LogP contribution in [0.25, 0.3) is 0 Å². The highest BCUT2D eigenvalue weighted by molar-refractivity contribution is 5.92. The van der Waals surface area contributed by atoms with Crippen LogP contribution in [-0.2, 0) is 18.4 Å². The lowest BCUT2D eigenvalue weighted by molar-refractivity contribution is -0.117. The van der Waals surface area contributed by atoms with Gasteiger partial charge in [-0.1, -0.05) is 6.07 Å². The first-order valence-electron chi connectivity index (χ1n) is 9.20. The Bertz CT molecular complexity index is 827. The lowest BCUT2D eigenvalue weighted by Gasteiger charge is -2.34. The van der Waals surface area contributed by atoms with Gasteiger partial charge in [0.15, 0.2) is 11.5 Å². The van der Waals surface area contributed by atoms with E-state index in [1.54, 1.807) is 4.68 Å². The standard InChI is InChI=1S/C19H25N5O3/c1-14-16(11-22(2)21-14)20-19(25)12-24-7-5-23(6-8-24)10-15-3-4-17-18(9-15)27-13-26-17/h3-4,9,11H,5-8,10,12-13H2,1-2H3,(H,20,25). The van der Waals surface area contributed by atoms with E-state index in [9.17, 15) is 4.79 Å². The van der Waals surface area contributed by atoms with Crippen LogP contribution in [0.4, 0.5) is 5.69 Å². The van der Waals surface area contributed by atoms with Gasteiger partial charge in [-0.15, -0.1) is 0 Å². The maximum atomic E-state index is 12.3. The van der Waals surface area contributed by atoms with Crippen molar-refractivity contribution in [3.05, 3.63) is 35.7 Å². The number of amides is 1. The molecule has 27 heavy (non-hydrogen) atoms. The van der Waals surface area contributed by atoms with Crippen LogP contribution in [0.2, 0.25) is 0 Å². The summed E-state index contributed by atoms with van der Waals surface area (Å²) in [4.78, 5) is 16.9. The Hall–Kier alpha value is -2.58. The van der Waals surface area contributed by atoms with Gasteiger partial charge in [0.05, 0.1) is 17.9 Å². The largest absolute Gasteiger partial charge is 0.454 e. The fourth-order valence-electron chi connectivity index (χ4n) is 3.52. The zero-order valence-corrected chi connectivity index (χ0v) is 15.8. The third-order valence-electron chi connectivity index (χ3n) is 4.96. The van der Waals surface area contributed by atoms with E-state index in [0.29, 0.717) is 13.3 Å². The molecule has 2 aliphatic rings. The Kier molecular flexibility index (Phi) is 5.00. The number of carbonyl (C=O) groups excluding carboxylic acids is 1. The van der Waals surface area contributed by atoms with E-state index in [2.05, 4.69) is 32.3 Å². The number of fused-ring (bicyclic) bond motifs is 1. The summed E-state index contributed by atoms with van der Waals surface area (Å²) in [5.74, 6) is 1.65. The molecule has 1 aromatic heterocycles. The van der Waals surface area contributed by atoms with Gasteiger partial charge in [-0.05, 0) is 24.6 Å². The van der Waals surface area contributed by atoms with E-state index in [0.717, 1.165) is 55.6 Å². The zero-order valence-electron chi connectivity index (χ0n) is 15.8. The predicted octanol–water partition coefficient (Wildman–Crippen LogP) is 1.21. The molecular formula is C19H25N5O3. The Balaban J connectivity index is 1.24. The van der Waals surface area contributed by atoms with Gasteiger partial charge in [-0.25, -0.2) is 0 Å². The molecule has 0 bridgehead atoms. The topological polar surface area (TPSA) is 71.9 Å². The summed E-state index contributed by atoms with van der Waals surface area (Å²) < 4.78 is 12.5. The quantitative estimate of drug-likeness (QED) is 0.852. The minimum atomic E-state index is 0.00956. The van der Waals surface area contributed by atoms with E-state index in [-0.39, 0.29) is 5.91 Å². The normalized spacial score (nSPS) is 17.3. The monoisotopic (exact) mass is 371 g/mol. The molecule has 0 radical (unpaired) electrons. The second kappa shape index (κ2) is 7.58. The van der Waals surface area contributed by atoms with Crippen molar-refractivity contribution in [1.29, 1.82) is 0 Å². The highest BCUT2D eigenvalue weighted by atomic mass is 16.7. The first-order chi connectivity index (χ1) is 13.1. The summed E-state index contributed by atoms with van der Waals surface area (Å²) in [6, 6.07) is 6.11. The molecule has 2 aliphatic heterocycles. The van der Waals surface area contributed by atoms with E-state index < -0.39 is 0 Å². The van der Waals surface area contributed by atoms with Crippen molar-refractivity contribution >= 4 is 11.6 Å². The molecule has 0 aliphatic carbocycles. The number of ether oxygens (including phenoxy) is 2. The van der Waals surface area contributed by atoms with Gasteiger partial charge in [-0.2, -0.15) is 5.10 Å². The van der Waals surface area contributed by atoms with Crippen molar-refractivity contribution in [1.82, 2.24) is 19.6 Å². The summed E-state index contributed by atoms with van der Waals surface area (Å²) in [6.45, 7) is 7.12. The van der Waals surface area contributed by atoms with Crippen molar-refractivity contribution < 1.29 is 14.3 Å². The van der Waals surface area contributed by atoms with Crippen molar-refractivity contribution in [2.24, 2.45) is 7.05 Å². The maximum absolute atomic E-state index is 12.3. The van der Waals surface area contributed by atoms with Gasteiger partial charge < -0.3 is 14.8 Å². The highest BCUT2D eigenvalue weighted by Crippen LogP contribution is 2.32. The number of benzene rings is 1. The molecule has 3 heterocycles. The number of anilines is 1. The molecule has 0 atom stereocenters. The van der Waals surface area contributed by atoms with Gasteiger partial charge in [0.1, 0.15) is 0 Å². The molecule has 8 nitrogen and oxygen atoms in total. The summed E-state index contributed by atoms with van der Waals surface area (Å²) in [5.41, 5.74) is 2.83. The highest BCUT2D eigenvalue weighted by Gasteiger charge is 2.21. The Morgan fingerprint density at radius 3 is 2.63 bits per heavy atom. The molecule has 0 saturated carbocycles. The van der Waals surface area contributed by atoms with Crippen LogP contribution in [0.5, 0.6) is 11.5 Å². The second-order valence-electron chi connectivity index (χ2n) is 7.09. The molecule has 1 saturated heterocycles. The van der Waals surface area contributed by atoms with Gasteiger partial charge in [-0.3, -0.25) is 19.3 Å². The Morgan fingerprint density at radius 1 is 1.15 bits per heavy atom. The molecular weight excluding hydrogens is 346 g/mol. The fraction of sp³-hybridized carbons (Fsp3) is 0.474. The summed E-state index contributed by atoms with van der Waals surface area (Å²) in [7, 11) is 1.85. The minimum Gasteiger partial charge on any atom is -0.454 e. The third-order valence-corrected chi connectivity index (χ3v) is 4.96. The van der Waals surface area contributed by atoms with E-state index in [4.69, 9.17) is 9.47 Å². The maximum Gasteiger partial charge on any atom is 0.238 e. The van der Waals surface area contributed by atoms with Crippen molar-refractivity contribution in [2.45, 2.75) is 13.5 Å². The number of carbonyl (C=O) groups is 1. The van der Waals surface area contributed by atoms with Crippen LogP contribution in [0.15, 0.2) is 24.4 Å². The molecule has 1 fully saturated rings. The molecule has 0 unspecified atom stereocenters. The molecule has 1 amide bonds. The van der Waals surface area contributed by atoms with Gasteiger partial charge >= 0.3 is 0 Å². The molecule has 2 aromatic rings. The van der Waals surface area contributed by atoms with Crippen LogP contribution >= 0.6 is 0 Å². The predicted molar refractivity (Wildman–Crippen MR) is 101 cm³/mol. The van der Waals surface area contributed by atoms with Gasteiger partial charge in [0.25, 0.3) is 0 Å². The van der Waals surface area contributed by atoms with Gasteiger partial charge in [0.2, 0.25) is 12.7 Å². The number of nitrogens with zero attached hydrogens (tertiary/aromatic N) is 4. The molecule has 0 spiro atoms. The van der Waals surface area contributed by atoms with Crippen LogP contribution in [-0.4, -0.2) is 65.0 Å². The zero-order chi connectivity index (χ0) is 18.8. The molecule has 1 aromatic carbocycles. The first-order valence-corrected chi connectivity index (χ1v) is 9.20. The lowest BCUT2D eigenvalue weighted by Crippen LogP contribution is -2.48. The minimum absolute atomic E-state index is 0.00956. The third kappa shape index (κ3) is 4.23. The average molecular weight is 371 g/mol. The van der Waals surface area contributed by atoms with Crippen LogP contribution in [0, 0.1) is 6.92 Å². The lowest BCUT2D eigenvalue weighted by atomic mass is 10.1. The Labute approximate surface area is 158 Å². The number of aromatic nitrogens is 2. The number of hydrogen-bond donors (Lipinski definition) is 1. The van der Waals surface area contributed by atoms with Crippen molar-refractivity contribution in [2.75, 3.05) is 44.8 Å². The molecule has 144 valence electrons. The number of nitrogens with one attached hydrogen (secondary N) is 1. The van der Waals surface area contributed by atoms with Crippen LogP contribution in [0.1, 0.15) is 11.3 Å². The number of rotatable bonds is 5. The van der Waals surface area contributed by atoms with Crippen LogP contribution in [0.3, 0.4) is 0 Å².